The summed E-state index contributed by atoms with van der Waals surface area (Å²) in [5.41, 5.74) is 4.07. The number of ketones is 1. The molecule has 7 nitrogen and oxygen atoms in total. The van der Waals surface area contributed by atoms with Gasteiger partial charge in [0.15, 0.2) is 6.10 Å². The lowest BCUT2D eigenvalue weighted by atomic mass is 9.82. The van der Waals surface area contributed by atoms with Gasteiger partial charge in [-0.05, 0) is 19.3 Å². The average molecular weight is 626 g/mol. The van der Waals surface area contributed by atoms with Gasteiger partial charge in [0, 0.05) is 6.92 Å². The van der Waals surface area contributed by atoms with Crippen molar-refractivity contribution in [2.24, 2.45) is 5.73 Å². The molecule has 0 heterocycles. The molecule has 0 aromatic rings. The quantitative estimate of drug-likeness (QED) is 0.0435. The third-order valence-electron chi connectivity index (χ3n) is 8.96. The summed E-state index contributed by atoms with van der Waals surface area (Å²) in [4.78, 5) is 38.1. The Kier molecular flexibility index (Phi) is 28.0. The average Bonchev–Trinajstić information content (AvgIpc) is 3.01. The number of aliphatic hydroxyl groups is 1. The van der Waals surface area contributed by atoms with E-state index in [1.807, 2.05) is 0 Å². The Bertz CT molecular complexity index is 714. The molecule has 44 heavy (non-hydrogen) atoms. The Balaban J connectivity index is 4.54. The lowest BCUT2D eigenvalue weighted by Crippen LogP contribution is -2.66. The van der Waals surface area contributed by atoms with Crippen LogP contribution in [0, 0.1) is 0 Å². The number of methoxy groups -OCH3 is 1. The molecule has 0 saturated carbocycles. The lowest BCUT2D eigenvalue weighted by molar-refractivity contribution is -0.166. The van der Waals surface area contributed by atoms with Gasteiger partial charge in [0.05, 0.1) is 13.2 Å². The van der Waals surface area contributed by atoms with Crippen molar-refractivity contribution in [3.05, 3.63) is 0 Å². The number of unbranched alkanes of at least 4 members (excludes halogenated alkanes) is 23. The zero-order chi connectivity index (χ0) is 32.9. The standard InChI is InChI=1S/C37H71NO6/c1-5-7-9-11-13-15-17-19-21-23-25-27-29-31-34(40)37(38,36(42)43-4)35(41)33(44-32(3)39)30-28-26-24-22-20-18-16-14-12-10-8-6-2/h33-34,40H,5-31,38H2,1-4H3/t33?,34-,37-/m1/s1. The molecule has 3 atom stereocenters. The Labute approximate surface area is 271 Å². The maximum absolute atomic E-state index is 13.5. The maximum atomic E-state index is 13.5. The van der Waals surface area contributed by atoms with Crippen molar-refractivity contribution in [2.45, 2.75) is 212 Å². The molecule has 0 amide bonds. The summed E-state index contributed by atoms with van der Waals surface area (Å²) >= 11 is 0. The molecule has 3 N–H and O–H groups in total. The van der Waals surface area contributed by atoms with E-state index in [4.69, 9.17) is 15.2 Å². The van der Waals surface area contributed by atoms with E-state index >= 15 is 0 Å². The molecular formula is C37H71NO6. The molecule has 0 saturated heterocycles. The van der Waals surface area contributed by atoms with Crippen molar-refractivity contribution in [3.8, 4) is 0 Å². The van der Waals surface area contributed by atoms with E-state index in [1.54, 1.807) is 0 Å². The van der Waals surface area contributed by atoms with Crippen LogP contribution in [0.2, 0.25) is 0 Å². The van der Waals surface area contributed by atoms with Crippen LogP contribution in [0.3, 0.4) is 0 Å². The van der Waals surface area contributed by atoms with Crippen molar-refractivity contribution in [2.75, 3.05) is 7.11 Å². The SMILES string of the molecule is CCCCCCCCCCCCCCC[C@@H](O)[C@](N)(C(=O)OC)C(=O)C(CCCCCCCCCCCCCC)OC(C)=O. The number of nitrogens with two attached hydrogens (primary N) is 1. The van der Waals surface area contributed by atoms with Crippen molar-refractivity contribution in [1.82, 2.24) is 0 Å². The highest BCUT2D eigenvalue weighted by Crippen LogP contribution is 2.24. The fourth-order valence-electron chi connectivity index (χ4n) is 6.03. The molecule has 0 aliphatic carbocycles. The maximum Gasteiger partial charge on any atom is 0.336 e. The van der Waals surface area contributed by atoms with Crippen LogP contribution in [0.25, 0.3) is 0 Å². The fraction of sp³-hybridized carbons (Fsp3) is 0.919. The van der Waals surface area contributed by atoms with Gasteiger partial charge in [0.2, 0.25) is 11.3 Å². The molecule has 0 bridgehead atoms. The summed E-state index contributed by atoms with van der Waals surface area (Å²) in [5.74, 6) is -2.37. The van der Waals surface area contributed by atoms with Crippen LogP contribution in [0.15, 0.2) is 0 Å². The number of carbonyl (C=O) groups excluding carboxylic acids is 3. The van der Waals surface area contributed by atoms with Crippen molar-refractivity contribution >= 4 is 17.7 Å². The van der Waals surface area contributed by atoms with E-state index in [9.17, 15) is 19.5 Å². The Morgan fingerprint density at radius 1 is 0.591 bits per heavy atom. The third kappa shape index (κ3) is 20.5. The van der Waals surface area contributed by atoms with Gasteiger partial charge in [0.25, 0.3) is 0 Å². The highest BCUT2D eigenvalue weighted by atomic mass is 16.5. The van der Waals surface area contributed by atoms with Gasteiger partial charge in [0.1, 0.15) is 0 Å². The minimum atomic E-state index is -2.26. The molecule has 0 spiro atoms. The fourth-order valence-corrected chi connectivity index (χ4v) is 6.03. The number of hydrogen-bond donors (Lipinski definition) is 2. The van der Waals surface area contributed by atoms with Gasteiger partial charge < -0.3 is 20.3 Å². The zero-order valence-electron chi connectivity index (χ0n) is 29.3. The van der Waals surface area contributed by atoms with Crippen LogP contribution in [0.4, 0.5) is 0 Å². The number of hydrogen-bond acceptors (Lipinski definition) is 7. The van der Waals surface area contributed by atoms with Crippen LogP contribution >= 0.6 is 0 Å². The van der Waals surface area contributed by atoms with Crippen LogP contribution < -0.4 is 5.73 Å². The smallest absolute Gasteiger partial charge is 0.336 e. The first kappa shape index (κ1) is 42.5. The summed E-state index contributed by atoms with van der Waals surface area (Å²) in [7, 11) is 1.15. The van der Waals surface area contributed by atoms with Crippen LogP contribution in [-0.2, 0) is 23.9 Å². The number of carbonyl (C=O) groups is 3. The van der Waals surface area contributed by atoms with Crippen molar-refractivity contribution < 1.29 is 29.0 Å². The first-order valence-corrected chi connectivity index (χ1v) is 18.5. The van der Waals surface area contributed by atoms with Crippen molar-refractivity contribution in [3.63, 3.8) is 0 Å². The van der Waals surface area contributed by atoms with Crippen LogP contribution in [0.5, 0.6) is 0 Å². The molecule has 0 aromatic heterocycles. The third-order valence-corrected chi connectivity index (χ3v) is 8.96. The molecule has 1 unspecified atom stereocenters. The second-order valence-electron chi connectivity index (χ2n) is 13.0. The Hall–Kier alpha value is -1.47. The van der Waals surface area contributed by atoms with Crippen molar-refractivity contribution in [1.29, 1.82) is 0 Å². The molecule has 0 aliphatic rings. The molecule has 0 aromatic carbocycles. The number of aliphatic hydroxyl groups excluding tert-OH is 1. The van der Waals surface area contributed by atoms with E-state index in [0.29, 0.717) is 12.8 Å². The largest absolute Gasteiger partial charge is 0.467 e. The van der Waals surface area contributed by atoms with E-state index < -0.39 is 35.5 Å². The predicted octanol–water partition coefficient (Wildman–Crippen LogP) is 9.29. The van der Waals surface area contributed by atoms with Gasteiger partial charge >= 0.3 is 11.9 Å². The van der Waals surface area contributed by atoms with Gasteiger partial charge in [-0.2, -0.15) is 0 Å². The predicted molar refractivity (Wildman–Crippen MR) is 182 cm³/mol. The highest BCUT2D eigenvalue weighted by molar-refractivity contribution is 6.11. The summed E-state index contributed by atoms with van der Waals surface area (Å²) in [6.07, 6.45) is 27.5. The van der Waals surface area contributed by atoms with Crippen LogP contribution in [0.1, 0.15) is 194 Å². The first-order valence-electron chi connectivity index (χ1n) is 18.5. The zero-order valence-corrected chi connectivity index (χ0v) is 29.3. The van der Waals surface area contributed by atoms with Crippen LogP contribution in [-0.4, -0.2) is 47.7 Å². The number of Topliss-reactive ketones (excluding diaryl/α,β-unsaturated/α-hetero) is 1. The molecule has 7 heteroatoms. The first-order chi connectivity index (χ1) is 21.2. The Morgan fingerprint density at radius 3 is 1.23 bits per heavy atom. The minimum absolute atomic E-state index is 0.209. The monoisotopic (exact) mass is 626 g/mol. The molecular weight excluding hydrogens is 554 g/mol. The molecule has 260 valence electrons. The lowest BCUT2D eigenvalue weighted by Gasteiger charge is -2.33. The highest BCUT2D eigenvalue weighted by Gasteiger charge is 2.52. The summed E-state index contributed by atoms with van der Waals surface area (Å²) < 4.78 is 10.2. The van der Waals surface area contributed by atoms with E-state index in [-0.39, 0.29) is 12.8 Å². The van der Waals surface area contributed by atoms with Gasteiger partial charge in [-0.1, -0.05) is 168 Å². The van der Waals surface area contributed by atoms with Gasteiger partial charge in [-0.3, -0.25) is 9.59 Å². The van der Waals surface area contributed by atoms with E-state index in [0.717, 1.165) is 45.6 Å². The minimum Gasteiger partial charge on any atom is -0.467 e. The summed E-state index contributed by atoms with van der Waals surface area (Å²) in [5, 5.41) is 11.0. The second kappa shape index (κ2) is 29.0. The van der Waals surface area contributed by atoms with Gasteiger partial charge in [-0.15, -0.1) is 0 Å². The molecule has 0 aliphatic heterocycles. The van der Waals surface area contributed by atoms with E-state index in [2.05, 4.69) is 13.8 Å². The summed E-state index contributed by atoms with van der Waals surface area (Å²) in [6.45, 7) is 5.72. The molecule has 0 radical (unpaired) electrons. The molecule has 0 rings (SSSR count). The Morgan fingerprint density at radius 2 is 0.909 bits per heavy atom. The van der Waals surface area contributed by atoms with E-state index in [1.165, 1.54) is 116 Å². The number of ether oxygens (including phenoxy) is 2. The number of esters is 2. The van der Waals surface area contributed by atoms with Gasteiger partial charge in [-0.25, -0.2) is 4.79 Å². The molecule has 0 fully saturated rings. The topological polar surface area (TPSA) is 116 Å². The summed E-state index contributed by atoms with van der Waals surface area (Å²) in [6, 6.07) is 0. The normalized spacial score (nSPS) is 14.1. The number of rotatable bonds is 32. The second-order valence-corrected chi connectivity index (χ2v) is 13.0.